The number of rotatable bonds is 4. The molecule has 6 heteroatoms. The molecule has 21 heavy (non-hydrogen) atoms. The average Bonchev–Trinajstić information content (AvgIpc) is 2.91. The highest BCUT2D eigenvalue weighted by atomic mass is 16.5. The first kappa shape index (κ1) is 13.5. The zero-order chi connectivity index (χ0) is 14.8. The Morgan fingerprint density at radius 2 is 2.00 bits per heavy atom. The van der Waals surface area contributed by atoms with E-state index in [2.05, 4.69) is 15.1 Å². The van der Waals surface area contributed by atoms with Crippen molar-refractivity contribution in [3.63, 3.8) is 0 Å². The molecule has 3 rings (SSSR count). The molecule has 0 saturated heterocycles. The third-order valence-electron chi connectivity index (χ3n) is 3.00. The summed E-state index contributed by atoms with van der Waals surface area (Å²) < 4.78 is 6.81. The predicted molar refractivity (Wildman–Crippen MR) is 79.0 cm³/mol. The van der Waals surface area contributed by atoms with E-state index in [1.165, 1.54) is 10.6 Å². The first-order chi connectivity index (χ1) is 10.1. The van der Waals surface area contributed by atoms with Gasteiger partial charge >= 0.3 is 0 Å². The lowest BCUT2D eigenvalue weighted by atomic mass is 10.2. The standard InChI is InChI=1S/C15H16N4O2/c1-10(2)21-9-12-8-13(20)19-15(16-12)17-14(18-19)11-6-4-3-5-7-11/h3-8,10H,9H2,1-2H3,(H,16,17,18). The Bertz CT molecular complexity index is 805. The molecule has 0 saturated carbocycles. The Morgan fingerprint density at radius 1 is 1.24 bits per heavy atom. The van der Waals surface area contributed by atoms with Crippen molar-refractivity contribution in [1.82, 2.24) is 19.6 Å². The first-order valence-electron chi connectivity index (χ1n) is 6.79. The molecular formula is C15H16N4O2. The highest BCUT2D eigenvalue weighted by Crippen LogP contribution is 2.14. The number of aromatic nitrogens is 4. The molecule has 0 amide bonds. The zero-order valence-electron chi connectivity index (χ0n) is 11.9. The van der Waals surface area contributed by atoms with Crippen molar-refractivity contribution in [2.45, 2.75) is 26.6 Å². The molecule has 6 nitrogen and oxygen atoms in total. The molecule has 0 fully saturated rings. The maximum absolute atomic E-state index is 12.1. The summed E-state index contributed by atoms with van der Waals surface area (Å²) in [6.07, 6.45) is 0.0873. The molecule has 0 aliphatic rings. The van der Waals surface area contributed by atoms with Crippen LogP contribution in [0.2, 0.25) is 0 Å². The molecule has 3 aromatic rings. The van der Waals surface area contributed by atoms with Crippen LogP contribution in [0.25, 0.3) is 17.2 Å². The highest BCUT2D eigenvalue weighted by Gasteiger charge is 2.09. The van der Waals surface area contributed by atoms with E-state index in [1.54, 1.807) is 0 Å². The SMILES string of the molecule is CC(C)OCc1cc(=O)n2[nH]c(-c3ccccc3)nc2n1. The zero-order valence-corrected chi connectivity index (χ0v) is 11.9. The average molecular weight is 284 g/mol. The van der Waals surface area contributed by atoms with Gasteiger partial charge in [0.1, 0.15) is 0 Å². The minimum atomic E-state index is -0.197. The van der Waals surface area contributed by atoms with Crippen molar-refractivity contribution >= 4 is 5.78 Å². The van der Waals surface area contributed by atoms with Gasteiger partial charge in [0.25, 0.3) is 11.3 Å². The Labute approximate surface area is 121 Å². The summed E-state index contributed by atoms with van der Waals surface area (Å²) in [7, 11) is 0. The fourth-order valence-electron chi connectivity index (χ4n) is 1.98. The van der Waals surface area contributed by atoms with Gasteiger partial charge in [-0.25, -0.2) is 4.98 Å². The third kappa shape index (κ3) is 2.85. The lowest BCUT2D eigenvalue weighted by Crippen LogP contribution is -2.16. The van der Waals surface area contributed by atoms with Crippen molar-refractivity contribution in [2.75, 3.05) is 0 Å². The molecular weight excluding hydrogens is 268 g/mol. The number of hydrogen-bond acceptors (Lipinski definition) is 4. The summed E-state index contributed by atoms with van der Waals surface area (Å²) in [4.78, 5) is 20.8. The number of ether oxygens (including phenoxy) is 1. The summed E-state index contributed by atoms with van der Waals surface area (Å²) in [5.74, 6) is 0.964. The van der Waals surface area contributed by atoms with Gasteiger partial charge in [-0.05, 0) is 13.8 Å². The number of nitrogens with one attached hydrogen (secondary N) is 1. The van der Waals surface area contributed by atoms with Crippen LogP contribution < -0.4 is 5.56 Å². The van der Waals surface area contributed by atoms with Crippen molar-refractivity contribution in [2.24, 2.45) is 0 Å². The van der Waals surface area contributed by atoms with Crippen LogP contribution in [-0.2, 0) is 11.3 Å². The van der Waals surface area contributed by atoms with Crippen LogP contribution in [-0.4, -0.2) is 25.7 Å². The van der Waals surface area contributed by atoms with E-state index in [1.807, 2.05) is 44.2 Å². The van der Waals surface area contributed by atoms with E-state index < -0.39 is 0 Å². The molecule has 1 aromatic carbocycles. The fourth-order valence-corrected chi connectivity index (χ4v) is 1.98. The smallest absolute Gasteiger partial charge is 0.274 e. The van der Waals surface area contributed by atoms with Crippen molar-refractivity contribution in [3.8, 4) is 11.4 Å². The predicted octanol–water partition coefficient (Wildman–Crippen LogP) is 2.01. The Kier molecular flexibility index (Phi) is 3.53. The van der Waals surface area contributed by atoms with Gasteiger partial charge in [0, 0.05) is 11.6 Å². The normalized spacial score (nSPS) is 11.4. The van der Waals surface area contributed by atoms with E-state index >= 15 is 0 Å². The topological polar surface area (TPSA) is 72.3 Å². The molecule has 0 aliphatic heterocycles. The largest absolute Gasteiger partial charge is 0.372 e. The number of hydrogen-bond donors (Lipinski definition) is 1. The quantitative estimate of drug-likeness (QED) is 0.795. The molecule has 108 valence electrons. The summed E-state index contributed by atoms with van der Waals surface area (Å²) in [5.41, 5.74) is 1.29. The molecule has 0 aliphatic carbocycles. The van der Waals surface area contributed by atoms with Gasteiger partial charge < -0.3 is 4.74 Å². The van der Waals surface area contributed by atoms with Crippen LogP contribution in [0.3, 0.4) is 0 Å². The molecule has 0 bridgehead atoms. The van der Waals surface area contributed by atoms with Crippen LogP contribution in [0.5, 0.6) is 0 Å². The molecule has 1 N–H and O–H groups in total. The van der Waals surface area contributed by atoms with Crippen molar-refractivity contribution < 1.29 is 4.74 Å². The lowest BCUT2D eigenvalue weighted by molar-refractivity contribution is 0.0636. The second kappa shape index (κ2) is 5.49. The van der Waals surface area contributed by atoms with E-state index in [0.717, 1.165) is 5.56 Å². The number of fused-ring (bicyclic) bond motifs is 1. The van der Waals surface area contributed by atoms with Gasteiger partial charge in [-0.3, -0.25) is 9.89 Å². The molecule has 0 radical (unpaired) electrons. The first-order valence-corrected chi connectivity index (χ1v) is 6.79. The Morgan fingerprint density at radius 3 is 2.71 bits per heavy atom. The molecule has 0 atom stereocenters. The number of benzene rings is 1. The Balaban J connectivity index is 2.01. The summed E-state index contributed by atoms with van der Waals surface area (Å²) in [5, 5.41) is 2.96. The van der Waals surface area contributed by atoms with Crippen LogP contribution in [0.15, 0.2) is 41.2 Å². The fraction of sp³-hybridized carbons (Fsp3) is 0.267. The van der Waals surface area contributed by atoms with E-state index in [9.17, 15) is 4.79 Å². The summed E-state index contributed by atoms with van der Waals surface area (Å²) >= 11 is 0. The Hall–Kier alpha value is -2.47. The van der Waals surface area contributed by atoms with E-state index in [-0.39, 0.29) is 11.7 Å². The van der Waals surface area contributed by atoms with Crippen LogP contribution in [0, 0.1) is 0 Å². The number of aromatic amines is 1. The molecule has 0 spiro atoms. The van der Waals surface area contributed by atoms with Crippen LogP contribution in [0.4, 0.5) is 0 Å². The minimum absolute atomic E-state index is 0.0873. The lowest BCUT2D eigenvalue weighted by Gasteiger charge is -2.05. The van der Waals surface area contributed by atoms with Crippen molar-refractivity contribution in [3.05, 3.63) is 52.4 Å². The second-order valence-electron chi connectivity index (χ2n) is 5.02. The molecule has 2 heterocycles. The minimum Gasteiger partial charge on any atom is -0.372 e. The number of nitrogens with zero attached hydrogens (tertiary/aromatic N) is 3. The van der Waals surface area contributed by atoms with Crippen LogP contribution >= 0.6 is 0 Å². The van der Waals surface area contributed by atoms with Gasteiger partial charge in [-0.15, -0.1) is 0 Å². The highest BCUT2D eigenvalue weighted by molar-refractivity contribution is 5.56. The van der Waals surface area contributed by atoms with Gasteiger partial charge in [0.05, 0.1) is 18.4 Å². The number of H-pyrrole nitrogens is 1. The van der Waals surface area contributed by atoms with Gasteiger partial charge in [0.2, 0.25) is 0 Å². The maximum Gasteiger partial charge on any atom is 0.274 e. The maximum atomic E-state index is 12.1. The molecule has 2 aromatic heterocycles. The molecule has 0 unspecified atom stereocenters. The summed E-state index contributed by atoms with van der Waals surface area (Å²) in [6.45, 7) is 4.18. The van der Waals surface area contributed by atoms with E-state index in [4.69, 9.17) is 4.74 Å². The summed E-state index contributed by atoms with van der Waals surface area (Å²) in [6, 6.07) is 11.1. The van der Waals surface area contributed by atoms with Gasteiger partial charge in [0.15, 0.2) is 5.82 Å². The van der Waals surface area contributed by atoms with Crippen LogP contribution in [0.1, 0.15) is 19.5 Å². The van der Waals surface area contributed by atoms with E-state index in [0.29, 0.717) is 23.9 Å². The van der Waals surface area contributed by atoms with Crippen molar-refractivity contribution in [1.29, 1.82) is 0 Å². The van der Waals surface area contributed by atoms with Gasteiger partial charge in [-0.1, -0.05) is 30.3 Å². The third-order valence-corrected chi connectivity index (χ3v) is 3.00. The monoisotopic (exact) mass is 284 g/mol. The second-order valence-corrected chi connectivity index (χ2v) is 5.02. The van der Waals surface area contributed by atoms with Gasteiger partial charge in [-0.2, -0.15) is 9.50 Å².